The van der Waals surface area contributed by atoms with Gasteiger partial charge < -0.3 is 20.4 Å². The van der Waals surface area contributed by atoms with Gasteiger partial charge in [-0.05, 0) is 36.2 Å². The molecule has 0 bridgehead atoms. The Balaban J connectivity index is 1.33. The van der Waals surface area contributed by atoms with Crippen LogP contribution in [0.15, 0.2) is 77.6 Å². The lowest BCUT2D eigenvalue weighted by Crippen LogP contribution is -2.46. The lowest BCUT2D eigenvalue weighted by Gasteiger charge is -2.27. The van der Waals surface area contributed by atoms with Crippen LogP contribution in [0.1, 0.15) is 114 Å². The minimum absolute atomic E-state index is 0.0790. The summed E-state index contributed by atoms with van der Waals surface area (Å²) in [6, 6.07) is 17.9. The van der Waals surface area contributed by atoms with Crippen molar-refractivity contribution in [3.8, 4) is 0 Å². The Hall–Kier alpha value is -5.23. The molecule has 3 aromatic carbocycles. The molecule has 1 aliphatic heterocycles. The highest BCUT2D eigenvalue weighted by Gasteiger charge is 2.46. The molecule has 0 radical (unpaired) electrons. The van der Waals surface area contributed by atoms with Gasteiger partial charge in [0.2, 0.25) is 5.91 Å². The fourth-order valence-corrected chi connectivity index (χ4v) is 7.22. The van der Waals surface area contributed by atoms with Crippen LogP contribution in [0, 0.1) is 0 Å². The number of nitrogens with zero attached hydrogens (tertiary/aromatic N) is 4. The zero-order valence-corrected chi connectivity index (χ0v) is 33.2. The van der Waals surface area contributed by atoms with E-state index in [-0.39, 0.29) is 58.5 Å². The van der Waals surface area contributed by atoms with Crippen LogP contribution in [-0.4, -0.2) is 56.9 Å². The van der Waals surface area contributed by atoms with Crippen LogP contribution in [0.2, 0.25) is 5.02 Å². The highest BCUT2D eigenvalue weighted by Crippen LogP contribution is 2.31. The van der Waals surface area contributed by atoms with Crippen molar-refractivity contribution in [2.45, 2.75) is 109 Å². The molecule has 1 saturated heterocycles. The van der Waals surface area contributed by atoms with Crippen LogP contribution < -0.4 is 21.0 Å². The van der Waals surface area contributed by atoms with Gasteiger partial charge >= 0.3 is 6.03 Å². The maximum absolute atomic E-state index is 14.3. The molecule has 1 fully saturated rings. The van der Waals surface area contributed by atoms with Gasteiger partial charge in [-0.15, -0.1) is 4.73 Å². The minimum Gasteiger partial charge on any atom is -0.412 e. The second-order valence-electron chi connectivity index (χ2n) is 14.3. The number of rotatable bonds is 22. The van der Waals surface area contributed by atoms with Crippen LogP contribution in [0.3, 0.4) is 0 Å². The molecule has 5 amide bonds. The summed E-state index contributed by atoms with van der Waals surface area (Å²) in [7, 11) is 1.22. The topological polar surface area (TPSA) is 143 Å². The Morgan fingerprint density at radius 3 is 2.02 bits per heavy atom. The van der Waals surface area contributed by atoms with E-state index in [2.05, 4.69) is 17.6 Å². The zero-order valence-electron chi connectivity index (χ0n) is 32.4. The summed E-state index contributed by atoms with van der Waals surface area (Å²) in [6.07, 6.45) is 15.8. The summed E-state index contributed by atoms with van der Waals surface area (Å²) in [5, 5.41) is 5.91. The molecule has 1 atom stereocenters. The standard InChI is InChI=1S/C43H53ClN6O6/c1-3-4-5-6-7-8-9-10-11-12-13-14-18-28-36(51)45-35-27-21-24-32-38(35)47-40(50(56-2)42(32)54)39(41(53)46-34-26-20-19-25-33(34)44)49-37(52)30-48(43(49)55)29-31-22-16-15-17-23-31/h15-17,19-27,39H,3-14,18,28-30H2,1-2H3,(H,45,51)(H,46,53). The van der Waals surface area contributed by atoms with Gasteiger partial charge in [-0.3, -0.25) is 19.2 Å². The van der Waals surface area contributed by atoms with E-state index in [1.807, 2.05) is 30.3 Å². The molecule has 0 aliphatic carbocycles. The first-order chi connectivity index (χ1) is 27.2. The Morgan fingerprint density at radius 2 is 1.38 bits per heavy atom. The molecule has 2 heterocycles. The predicted octanol–water partition coefficient (Wildman–Crippen LogP) is 8.67. The van der Waals surface area contributed by atoms with E-state index in [0.717, 1.165) is 34.5 Å². The molecule has 0 spiro atoms. The first kappa shape index (κ1) is 41.9. The molecule has 4 aromatic rings. The summed E-state index contributed by atoms with van der Waals surface area (Å²) in [5.41, 5.74) is 0.631. The van der Waals surface area contributed by atoms with Crippen LogP contribution >= 0.6 is 11.6 Å². The number of halogens is 1. The number of aromatic nitrogens is 2. The fourth-order valence-electron chi connectivity index (χ4n) is 7.04. The molecular weight excluding hydrogens is 732 g/mol. The molecule has 1 unspecified atom stereocenters. The number of para-hydroxylation sites is 2. The normalized spacial score (nSPS) is 13.3. The van der Waals surface area contributed by atoms with Crippen molar-refractivity contribution in [1.29, 1.82) is 0 Å². The number of urea groups is 1. The quantitative estimate of drug-likeness (QED) is 0.0600. The van der Waals surface area contributed by atoms with Gasteiger partial charge in [-0.25, -0.2) is 14.7 Å². The average molecular weight is 785 g/mol. The third-order valence-electron chi connectivity index (χ3n) is 10.0. The maximum Gasteiger partial charge on any atom is 0.328 e. The molecule has 2 N–H and O–H groups in total. The lowest BCUT2D eigenvalue weighted by atomic mass is 10.0. The largest absolute Gasteiger partial charge is 0.412 e. The number of anilines is 2. The number of carbonyl (C=O) groups is 4. The summed E-state index contributed by atoms with van der Waals surface area (Å²) in [6.45, 7) is 2.04. The van der Waals surface area contributed by atoms with Gasteiger partial charge in [0, 0.05) is 13.0 Å². The van der Waals surface area contributed by atoms with Crippen LogP contribution in [0.25, 0.3) is 10.9 Å². The van der Waals surface area contributed by atoms with E-state index in [1.54, 1.807) is 36.4 Å². The molecule has 12 nitrogen and oxygen atoms in total. The van der Waals surface area contributed by atoms with Crippen molar-refractivity contribution in [2.24, 2.45) is 0 Å². The first-order valence-electron chi connectivity index (χ1n) is 19.8. The third-order valence-corrected chi connectivity index (χ3v) is 10.3. The van der Waals surface area contributed by atoms with Crippen molar-refractivity contribution in [3.63, 3.8) is 0 Å². The number of amides is 5. The SMILES string of the molecule is CCCCCCCCCCCCCCCC(=O)Nc1cccc2c(=O)n(OC)c(C(C(=O)Nc3ccccc3Cl)N3C(=O)CN(Cc4ccccc4)C3=O)nc12. The van der Waals surface area contributed by atoms with Crippen molar-refractivity contribution >= 4 is 57.6 Å². The summed E-state index contributed by atoms with van der Waals surface area (Å²) in [4.78, 5) is 81.4. The molecule has 1 aromatic heterocycles. The maximum atomic E-state index is 14.3. The van der Waals surface area contributed by atoms with Crippen LogP contribution in [-0.2, 0) is 20.9 Å². The molecule has 56 heavy (non-hydrogen) atoms. The van der Waals surface area contributed by atoms with Crippen LogP contribution in [0.4, 0.5) is 16.2 Å². The second kappa shape index (κ2) is 21.2. The number of hydrogen-bond acceptors (Lipinski definition) is 7. The monoisotopic (exact) mass is 784 g/mol. The molecule has 1 aliphatic rings. The Labute approximate surface area is 333 Å². The number of unbranched alkanes of at least 4 members (excludes halogenated alkanes) is 12. The fraction of sp³-hybridized carbons (Fsp3) is 0.442. The predicted molar refractivity (Wildman–Crippen MR) is 219 cm³/mol. The summed E-state index contributed by atoms with van der Waals surface area (Å²) in [5.74, 6) is -2.12. The van der Waals surface area contributed by atoms with E-state index in [4.69, 9.17) is 21.4 Å². The highest BCUT2D eigenvalue weighted by atomic mass is 35.5. The molecule has 13 heteroatoms. The number of nitrogens with one attached hydrogen (secondary N) is 2. The minimum atomic E-state index is -1.77. The van der Waals surface area contributed by atoms with Crippen molar-refractivity contribution in [3.05, 3.63) is 99.6 Å². The van der Waals surface area contributed by atoms with Gasteiger partial charge in [-0.2, -0.15) is 0 Å². The molecule has 5 rings (SSSR count). The van der Waals surface area contributed by atoms with Gasteiger partial charge in [0.15, 0.2) is 11.9 Å². The highest BCUT2D eigenvalue weighted by molar-refractivity contribution is 6.33. The van der Waals surface area contributed by atoms with Gasteiger partial charge in [0.05, 0.1) is 21.8 Å². The van der Waals surface area contributed by atoms with Gasteiger partial charge in [-0.1, -0.05) is 144 Å². The third kappa shape index (κ3) is 11.0. The van der Waals surface area contributed by atoms with Crippen LogP contribution in [0.5, 0.6) is 0 Å². The van der Waals surface area contributed by atoms with Gasteiger partial charge in [0.1, 0.15) is 19.2 Å². The first-order valence-corrected chi connectivity index (χ1v) is 20.2. The number of benzene rings is 3. The number of imide groups is 1. The van der Waals surface area contributed by atoms with Crippen molar-refractivity contribution in [2.75, 3.05) is 24.3 Å². The summed E-state index contributed by atoms with van der Waals surface area (Å²) >= 11 is 6.38. The number of fused-ring (bicyclic) bond motifs is 1. The number of hydrogen-bond donors (Lipinski definition) is 2. The lowest BCUT2D eigenvalue weighted by molar-refractivity contribution is -0.133. The molecule has 0 saturated carbocycles. The van der Waals surface area contributed by atoms with Crippen molar-refractivity contribution < 1.29 is 24.0 Å². The summed E-state index contributed by atoms with van der Waals surface area (Å²) < 4.78 is 0.790. The van der Waals surface area contributed by atoms with E-state index < -0.39 is 29.4 Å². The van der Waals surface area contributed by atoms with E-state index >= 15 is 0 Å². The zero-order chi connectivity index (χ0) is 39.9. The van der Waals surface area contributed by atoms with Crippen molar-refractivity contribution in [1.82, 2.24) is 19.5 Å². The second-order valence-corrected chi connectivity index (χ2v) is 14.7. The average Bonchev–Trinajstić information content (AvgIpc) is 3.46. The smallest absolute Gasteiger partial charge is 0.328 e. The Morgan fingerprint density at radius 1 is 0.768 bits per heavy atom. The van der Waals surface area contributed by atoms with E-state index in [1.165, 1.54) is 75.9 Å². The number of carbonyl (C=O) groups excluding carboxylic acids is 4. The van der Waals surface area contributed by atoms with E-state index in [9.17, 15) is 24.0 Å². The van der Waals surface area contributed by atoms with E-state index in [0.29, 0.717) is 6.42 Å². The Bertz CT molecular complexity index is 2020. The molecular formula is C43H53ClN6O6. The molecule has 298 valence electrons. The van der Waals surface area contributed by atoms with Gasteiger partial charge in [0.25, 0.3) is 17.4 Å². The Kier molecular flexibility index (Phi) is 15.9.